The number of halogens is 1. The maximum Gasteiger partial charge on any atom is 0.244 e. The Labute approximate surface area is 219 Å². The van der Waals surface area contributed by atoms with Crippen LogP contribution >= 0.6 is 11.6 Å². The molecule has 7 nitrogen and oxygen atoms in total. The molecule has 36 heavy (non-hydrogen) atoms. The highest BCUT2D eigenvalue weighted by atomic mass is 35.5. The first-order chi connectivity index (χ1) is 17.1. The monoisotopic (exact) mass is 533 g/mol. The molecule has 0 aromatic heterocycles. The highest BCUT2D eigenvalue weighted by molar-refractivity contribution is 7.92. The fourth-order valence-electron chi connectivity index (χ4n) is 4.71. The maximum absolute atomic E-state index is 13.7. The summed E-state index contributed by atoms with van der Waals surface area (Å²) in [6.07, 6.45) is 6.09. The quantitative estimate of drug-likeness (QED) is 0.466. The van der Waals surface area contributed by atoms with Gasteiger partial charge in [0.2, 0.25) is 21.8 Å². The number of rotatable bonds is 11. The first kappa shape index (κ1) is 28.0. The minimum Gasteiger partial charge on any atom is -0.352 e. The summed E-state index contributed by atoms with van der Waals surface area (Å²) >= 11 is 6.15. The number of benzene rings is 2. The van der Waals surface area contributed by atoms with Gasteiger partial charge in [-0.15, -0.1) is 0 Å². The van der Waals surface area contributed by atoms with Crippen LogP contribution < -0.4 is 9.62 Å². The van der Waals surface area contributed by atoms with Crippen LogP contribution in [0.25, 0.3) is 0 Å². The van der Waals surface area contributed by atoms with E-state index in [2.05, 4.69) is 5.32 Å². The Hall–Kier alpha value is -2.58. The SMILES string of the molecule is CC[C@@H](C(=O)NC1CCCC1)N(CCc1ccccc1)C(=O)CN(c1cc(Cl)ccc1C)S(C)(=O)=O. The molecule has 1 aliphatic rings. The minimum absolute atomic E-state index is 0.124. The van der Waals surface area contributed by atoms with E-state index in [1.54, 1.807) is 25.1 Å². The number of nitrogens with zero attached hydrogens (tertiary/aromatic N) is 2. The van der Waals surface area contributed by atoms with Crippen molar-refractivity contribution in [3.05, 3.63) is 64.7 Å². The summed E-state index contributed by atoms with van der Waals surface area (Å²) in [5.41, 5.74) is 2.07. The molecule has 196 valence electrons. The summed E-state index contributed by atoms with van der Waals surface area (Å²) in [5, 5.41) is 3.49. The Balaban J connectivity index is 1.89. The fraction of sp³-hybridized carbons (Fsp3) is 0.481. The van der Waals surface area contributed by atoms with Gasteiger partial charge < -0.3 is 10.2 Å². The number of hydrogen-bond acceptors (Lipinski definition) is 4. The Morgan fingerprint density at radius 3 is 2.39 bits per heavy atom. The van der Waals surface area contributed by atoms with E-state index in [0.717, 1.165) is 41.8 Å². The second kappa shape index (κ2) is 12.6. The van der Waals surface area contributed by atoms with E-state index in [9.17, 15) is 18.0 Å². The molecule has 0 saturated heterocycles. The molecule has 1 N–H and O–H groups in total. The largest absolute Gasteiger partial charge is 0.352 e. The number of nitrogens with one attached hydrogen (secondary N) is 1. The van der Waals surface area contributed by atoms with Gasteiger partial charge in [-0.2, -0.15) is 0 Å². The molecule has 2 amide bonds. The number of carbonyl (C=O) groups is 2. The average molecular weight is 534 g/mol. The molecule has 2 aromatic carbocycles. The summed E-state index contributed by atoms with van der Waals surface area (Å²) in [6, 6.07) is 14.1. The van der Waals surface area contributed by atoms with Crippen molar-refractivity contribution in [1.82, 2.24) is 10.2 Å². The number of aryl methyl sites for hydroxylation is 1. The molecule has 0 aliphatic heterocycles. The molecule has 3 rings (SSSR count). The van der Waals surface area contributed by atoms with E-state index >= 15 is 0 Å². The predicted molar refractivity (Wildman–Crippen MR) is 145 cm³/mol. The van der Waals surface area contributed by atoms with E-state index < -0.39 is 28.5 Å². The van der Waals surface area contributed by atoms with E-state index in [0.29, 0.717) is 35.7 Å². The molecular weight excluding hydrogens is 498 g/mol. The zero-order valence-corrected chi connectivity index (χ0v) is 22.8. The van der Waals surface area contributed by atoms with Crippen molar-refractivity contribution >= 4 is 39.1 Å². The molecule has 0 bridgehead atoms. The number of sulfonamides is 1. The van der Waals surface area contributed by atoms with Crippen LogP contribution in [0.1, 0.15) is 50.2 Å². The Kier molecular flexibility index (Phi) is 9.79. The van der Waals surface area contributed by atoms with Crippen LogP contribution in [0.3, 0.4) is 0 Å². The molecule has 9 heteroatoms. The Bertz CT molecular complexity index is 1150. The van der Waals surface area contributed by atoms with Crippen molar-refractivity contribution in [2.75, 3.05) is 23.7 Å². The molecule has 0 radical (unpaired) electrons. The second-order valence-electron chi connectivity index (χ2n) is 9.44. The van der Waals surface area contributed by atoms with E-state index in [-0.39, 0.29) is 11.9 Å². The Morgan fingerprint density at radius 1 is 1.11 bits per heavy atom. The molecule has 1 aliphatic carbocycles. The Morgan fingerprint density at radius 2 is 1.78 bits per heavy atom. The lowest BCUT2D eigenvalue weighted by Gasteiger charge is -2.33. The fourth-order valence-corrected chi connectivity index (χ4v) is 5.77. The highest BCUT2D eigenvalue weighted by Gasteiger charge is 2.33. The maximum atomic E-state index is 13.7. The summed E-state index contributed by atoms with van der Waals surface area (Å²) in [5.74, 6) is -0.611. The van der Waals surface area contributed by atoms with Crippen molar-refractivity contribution in [3.8, 4) is 0 Å². The van der Waals surface area contributed by atoms with Gasteiger partial charge in [0.25, 0.3) is 0 Å². The van der Waals surface area contributed by atoms with Crippen molar-refractivity contribution in [2.24, 2.45) is 0 Å². The number of hydrogen-bond donors (Lipinski definition) is 1. The molecule has 1 saturated carbocycles. The normalized spacial score (nSPS) is 14.9. The van der Waals surface area contributed by atoms with Gasteiger partial charge >= 0.3 is 0 Å². The number of amides is 2. The first-order valence-electron chi connectivity index (χ1n) is 12.5. The third kappa shape index (κ3) is 7.46. The smallest absolute Gasteiger partial charge is 0.244 e. The third-order valence-corrected chi connectivity index (χ3v) is 8.05. The van der Waals surface area contributed by atoms with Gasteiger partial charge in [0.15, 0.2) is 0 Å². The van der Waals surface area contributed by atoms with Crippen LogP contribution in [0, 0.1) is 6.92 Å². The van der Waals surface area contributed by atoms with Crippen LogP contribution in [0.5, 0.6) is 0 Å². The number of carbonyl (C=O) groups excluding carboxylic acids is 2. The van der Waals surface area contributed by atoms with Gasteiger partial charge in [-0.05, 0) is 55.9 Å². The van der Waals surface area contributed by atoms with Gasteiger partial charge in [0.05, 0.1) is 11.9 Å². The second-order valence-corrected chi connectivity index (χ2v) is 11.8. The van der Waals surface area contributed by atoms with Crippen LogP contribution in [0.15, 0.2) is 48.5 Å². The molecule has 2 aromatic rings. The van der Waals surface area contributed by atoms with E-state index in [4.69, 9.17) is 11.6 Å². The van der Waals surface area contributed by atoms with Crippen LogP contribution in [0.2, 0.25) is 5.02 Å². The molecule has 0 spiro atoms. The van der Waals surface area contributed by atoms with Gasteiger partial charge in [-0.25, -0.2) is 8.42 Å². The topological polar surface area (TPSA) is 86.8 Å². The predicted octanol–water partition coefficient (Wildman–Crippen LogP) is 4.32. The van der Waals surface area contributed by atoms with Crippen LogP contribution in [-0.2, 0) is 26.0 Å². The third-order valence-electron chi connectivity index (χ3n) is 6.69. The van der Waals surface area contributed by atoms with E-state index in [1.807, 2.05) is 37.3 Å². The molecule has 1 atom stereocenters. The van der Waals surface area contributed by atoms with Gasteiger partial charge in [-0.1, -0.05) is 67.8 Å². The lowest BCUT2D eigenvalue weighted by Crippen LogP contribution is -2.54. The van der Waals surface area contributed by atoms with Crippen LogP contribution in [-0.4, -0.2) is 56.6 Å². The van der Waals surface area contributed by atoms with Crippen LogP contribution in [0.4, 0.5) is 5.69 Å². The lowest BCUT2D eigenvalue weighted by molar-refractivity contribution is -0.139. The highest BCUT2D eigenvalue weighted by Crippen LogP contribution is 2.27. The summed E-state index contributed by atoms with van der Waals surface area (Å²) in [6.45, 7) is 3.52. The van der Waals surface area contributed by atoms with Crippen molar-refractivity contribution in [1.29, 1.82) is 0 Å². The van der Waals surface area contributed by atoms with Gasteiger partial charge in [-0.3, -0.25) is 13.9 Å². The molecule has 1 fully saturated rings. The molecule has 0 heterocycles. The van der Waals surface area contributed by atoms with E-state index in [1.165, 1.54) is 4.90 Å². The number of anilines is 1. The summed E-state index contributed by atoms with van der Waals surface area (Å²) in [4.78, 5) is 28.6. The van der Waals surface area contributed by atoms with Crippen molar-refractivity contribution < 1.29 is 18.0 Å². The molecule has 0 unspecified atom stereocenters. The zero-order chi connectivity index (χ0) is 26.3. The van der Waals surface area contributed by atoms with Crippen molar-refractivity contribution in [2.45, 2.75) is 64.5 Å². The first-order valence-corrected chi connectivity index (χ1v) is 14.7. The van der Waals surface area contributed by atoms with Gasteiger partial charge in [0.1, 0.15) is 12.6 Å². The van der Waals surface area contributed by atoms with Gasteiger partial charge in [0, 0.05) is 17.6 Å². The lowest BCUT2D eigenvalue weighted by atomic mass is 10.1. The molecular formula is C27H36ClN3O4S. The zero-order valence-electron chi connectivity index (χ0n) is 21.2. The summed E-state index contributed by atoms with van der Waals surface area (Å²) < 4.78 is 26.6. The standard InChI is InChI=1S/C27H36ClN3O4S/c1-4-24(27(33)29-23-12-8-9-13-23)30(17-16-21-10-6-5-7-11-21)26(32)19-31(36(3,34)35)25-18-22(28)15-14-20(25)2/h5-7,10-11,14-15,18,23-24H,4,8-9,12-13,16-17,19H2,1-3H3,(H,29,33)/t24-/m0/s1. The minimum atomic E-state index is -3.80. The summed E-state index contributed by atoms with van der Waals surface area (Å²) in [7, 11) is -3.80. The van der Waals surface area contributed by atoms with Crippen molar-refractivity contribution in [3.63, 3.8) is 0 Å². The average Bonchev–Trinajstić information content (AvgIpc) is 3.34.